The van der Waals surface area contributed by atoms with E-state index in [1.54, 1.807) is 5.01 Å². The maximum Gasteiger partial charge on any atom is 0.427 e. The molecular weight excluding hydrogens is 272 g/mol. The first-order chi connectivity index (χ1) is 9.58. The molecule has 1 N–H and O–H groups in total. The van der Waals surface area contributed by atoms with Crippen LogP contribution in [0.3, 0.4) is 0 Å². The van der Waals surface area contributed by atoms with Crippen LogP contribution in [0.2, 0.25) is 0 Å². The molecule has 1 aliphatic heterocycles. The van der Waals surface area contributed by atoms with Gasteiger partial charge in [0.1, 0.15) is 4.99 Å². The van der Waals surface area contributed by atoms with Gasteiger partial charge in [0, 0.05) is 6.54 Å². The molecule has 1 heterocycles. The van der Waals surface area contributed by atoms with Gasteiger partial charge >= 0.3 is 6.09 Å². The lowest BCUT2D eigenvalue weighted by Gasteiger charge is -2.35. The standard InChI is InChI=1S/C15H20N2O2S/c1-11(2)7-6-10-17-14(20)13(19-15(18)16-17)12-8-4-3-5-9-12/h3-5,8-9,11,13H,6-7,10H2,1-2H3,(H,16,18). The number of benzene rings is 1. The number of nitrogens with one attached hydrogen (secondary N) is 1. The highest BCUT2D eigenvalue weighted by atomic mass is 32.1. The predicted molar refractivity (Wildman–Crippen MR) is 82.2 cm³/mol. The highest BCUT2D eigenvalue weighted by Crippen LogP contribution is 2.24. The van der Waals surface area contributed by atoms with E-state index in [9.17, 15) is 4.79 Å². The van der Waals surface area contributed by atoms with Crippen LogP contribution >= 0.6 is 12.2 Å². The lowest BCUT2D eigenvalue weighted by atomic mass is 10.1. The Bertz CT molecular complexity index is 476. The normalized spacial score (nSPS) is 18.9. The van der Waals surface area contributed by atoms with Gasteiger partial charge in [0.15, 0.2) is 6.10 Å². The van der Waals surface area contributed by atoms with Crippen LogP contribution in [0.15, 0.2) is 30.3 Å². The Labute approximate surface area is 125 Å². The first-order valence-corrected chi connectivity index (χ1v) is 7.32. The van der Waals surface area contributed by atoms with Gasteiger partial charge in [0.25, 0.3) is 0 Å². The number of cyclic esters (lactones) is 1. The Kier molecular flexibility index (Phi) is 4.95. The van der Waals surface area contributed by atoms with Crippen molar-refractivity contribution < 1.29 is 9.53 Å². The third-order valence-electron chi connectivity index (χ3n) is 3.21. The zero-order valence-electron chi connectivity index (χ0n) is 11.8. The molecule has 0 bridgehead atoms. The summed E-state index contributed by atoms with van der Waals surface area (Å²) in [5.74, 6) is 0.644. The molecule has 1 aromatic carbocycles. The summed E-state index contributed by atoms with van der Waals surface area (Å²) in [6, 6.07) is 9.59. The van der Waals surface area contributed by atoms with E-state index in [0.29, 0.717) is 10.9 Å². The molecule has 108 valence electrons. The Morgan fingerprint density at radius 3 is 2.70 bits per heavy atom. The highest BCUT2D eigenvalue weighted by Gasteiger charge is 2.31. The molecule has 1 amide bonds. The van der Waals surface area contributed by atoms with Crippen molar-refractivity contribution in [1.29, 1.82) is 0 Å². The summed E-state index contributed by atoms with van der Waals surface area (Å²) in [5.41, 5.74) is 3.57. The van der Waals surface area contributed by atoms with Gasteiger partial charge in [-0.25, -0.2) is 10.2 Å². The first-order valence-electron chi connectivity index (χ1n) is 6.91. The summed E-state index contributed by atoms with van der Waals surface area (Å²) in [4.78, 5) is 12.3. The molecule has 5 heteroatoms. The molecule has 1 aromatic rings. The van der Waals surface area contributed by atoms with Gasteiger partial charge in [-0.2, -0.15) is 0 Å². The SMILES string of the molecule is CC(C)CCCN1NC(=O)OC(c2ccccc2)C1=S. The third kappa shape index (κ3) is 3.70. The maximum atomic E-state index is 11.7. The molecule has 1 unspecified atom stereocenters. The summed E-state index contributed by atoms with van der Waals surface area (Å²) < 4.78 is 5.31. The van der Waals surface area contributed by atoms with Crippen LogP contribution in [0.1, 0.15) is 38.4 Å². The lowest BCUT2D eigenvalue weighted by molar-refractivity contribution is 0.0792. The minimum atomic E-state index is -0.473. The zero-order valence-corrected chi connectivity index (χ0v) is 12.7. The fraction of sp³-hybridized carbons (Fsp3) is 0.467. The third-order valence-corrected chi connectivity index (χ3v) is 3.64. The number of thiocarbonyl (C=S) groups is 1. The Hall–Kier alpha value is -1.62. The van der Waals surface area contributed by atoms with Crippen molar-refractivity contribution in [2.24, 2.45) is 5.92 Å². The van der Waals surface area contributed by atoms with Crippen LogP contribution < -0.4 is 5.43 Å². The molecule has 1 fully saturated rings. The molecule has 1 saturated heterocycles. The quantitative estimate of drug-likeness (QED) is 0.844. The number of rotatable bonds is 5. The fourth-order valence-corrected chi connectivity index (χ4v) is 2.47. The van der Waals surface area contributed by atoms with Gasteiger partial charge < -0.3 is 4.74 Å². The van der Waals surface area contributed by atoms with Crippen LogP contribution in [0, 0.1) is 5.92 Å². The van der Waals surface area contributed by atoms with Gasteiger partial charge in [-0.1, -0.05) is 56.4 Å². The van der Waals surface area contributed by atoms with Gasteiger partial charge in [0.2, 0.25) is 0 Å². The number of nitrogens with zero attached hydrogens (tertiary/aromatic N) is 1. The van der Waals surface area contributed by atoms with Crippen molar-refractivity contribution >= 4 is 23.3 Å². The molecule has 0 spiro atoms. The van der Waals surface area contributed by atoms with Crippen LogP contribution in [0.5, 0.6) is 0 Å². The van der Waals surface area contributed by atoms with E-state index in [0.717, 1.165) is 24.9 Å². The minimum absolute atomic E-state index is 0.447. The second kappa shape index (κ2) is 6.70. The number of hydrazine groups is 1. The zero-order chi connectivity index (χ0) is 14.5. The summed E-state index contributed by atoms with van der Waals surface area (Å²) in [6.07, 6.45) is 1.17. The highest BCUT2D eigenvalue weighted by molar-refractivity contribution is 7.80. The number of hydrogen-bond donors (Lipinski definition) is 1. The second-order valence-electron chi connectivity index (χ2n) is 5.33. The molecular formula is C15H20N2O2S. The monoisotopic (exact) mass is 292 g/mol. The summed E-state index contributed by atoms with van der Waals surface area (Å²) in [6.45, 7) is 5.08. The van der Waals surface area contributed by atoms with Crippen LogP contribution in [0.25, 0.3) is 0 Å². The molecule has 0 aromatic heterocycles. The molecule has 2 rings (SSSR count). The molecule has 0 radical (unpaired) electrons. The molecule has 1 aliphatic rings. The molecule has 0 saturated carbocycles. The van der Waals surface area contributed by atoms with Crippen molar-refractivity contribution in [2.45, 2.75) is 32.8 Å². The topological polar surface area (TPSA) is 41.6 Å². The van der Waals surface area contributed by atoms with E-state index in [2.05, 4.69) is 19.3 Å². The van der Waals surface area contributed by atoms with Gasteiger partial charge in [0.05, 0.1) is 0 Å². The average Bonchev–Trinajstić information content (AvgIpc) is 2.43. The van der Waals surface area contributed by atoms with E-state index in [4.69, 9.17) is 17.0 Å². The molecule has 20 heavy (non-hydrogen) atoms. The van der Waals surface area contributed by atoms with E-state index in [1.165, 1.54) is 0 Å². The largest absolute Gasteiger partial charge is 0.433 e. The van der Waals surface area contributed by atoms with E-state index in [-0.39, 0.29) is 0 Å². The summed E-state index contributed by atoms with van der Waals surface area (Å²) in [5, 5.41) is 1.74. The Morgan fingerprint density at radius 1 is 1.35 bits per heavy atom. The number of amides is 1. The van der Waals surface area contributed by atoms with Crippen molar-refractivity contribution in [3.8, 4) is 0 Å². The van der Waals surface area contributed by atoms with Crippen molar-refractivity contribution in [1.82, 2.24) is 10.4 Å². The van der Waals surface area contributed by atoms with Gasteiger partial charge in [-0.15, -0.1) is 0 Å². The second-order valence-corrected chi connectivity index (χ2v) is 5.75. The van der Waals surface area contributed by atoms with Crippen LogP contribution in [-0.4, -0.2) is 22.6 Å². The average molecular weight is 292 g/mol. The summed E-state index contributed by atoms with van der Waals surface area (Å²) in [7, 11) is 0. The van der Waals surface area contributed by atoms with E-state index >= 15 is 0 Å². The smallest absolute Gasteiger partial charge is 0.427 e. The minimum Gasteiger partial charge on any atom is -0.433 e. The summed E-state index contributed by atoms with van der Waals surface area (Å²) >= 11 is 5.45. The number of hydrogen-bond acceptors (Lipinski definition) is 3. The Balaban J connectivity index is 2.04. The van der Waals surface area contributed by atoms with Gasteiger partial charge in [-0.05, 0) is 24.3 Å². The first kappa shape index (κ1) is 14.8. The maximum absolute atomic E-state index is 11.7. The Morgan fingerprint density at radius 2 is 2.05 bits per heavy atom. The fourth-order valence-electron chi connectivity index (χ4n) is 2.15. The van der Waals surface area contributed by atoms with Crippen molar-refractivity contribution in [3.63, 3.8) is 0 Å². The van der Waals surface area contributed by atoms with Crippen molar-refractivity contribution in [2.75, 3.05) is 6.54 Å². The van der Waals surface area contributed by atoms with Crippen LogP contribution in [-0.2, 0) is 4.74 Å². The van der Waals surface area contributed by atoms with E-state index in [1.807, 2.05) is 30.3 Å². The predicted octanol–water partition coefficient (Wildman–Crippen LogP) is 3.45. The number of carbonyl (C=O) groups is 1. The van der Waals surface area contributed by atoms with Crippen molar-refractivity contribution in [3.05, 3.63) is 35.9 Å². The number of carbonyl (C=O) groups excluding carboxylic acids is 1. The molecule has 0 aliphatic carbocycles. The van der Waals surface area contributed by atoms with E-state index < -0.39 is 12.2 Å². The number of ether oxygens (including phenoxy) is 1. The molecule has 4 nitrogen and oxygen atoms in total. The van der Waals surface area contributed by atoms with Crippen LogP contribution in [0.4, 0.5) is 4.79 Å². The lowest BCUT2D eigenvalue weighted by Crippen LogP contribution is -2.53. The molecule has 1 atom stereocenters. The van der Waals surface area contributed by atoms with Gasteiger partial charge in [-0.3, -0.25) is 5.01 Å².